The van der Waals surface area contributed by atoms with Crippen LogP contribution in [0.25, 0.3) is 5.69 Å². The van der Waals surface area contributed by atoms with Crippen molar-refractivity contribution in [3.05, 3.63) is 47.3 Å². The van der Waals surface area contributed by atoms with Crippen LogP contribution >= 0.6 is 0 Å². The van der Waals surface area contributed by atoms with Crippen molar-refractivity contribution in [1.82, 2.24) is 15.1 Å². The van der Waals surface area contributed by atoms with E-state index in [0.717, 1.165) is 17.9 Å². The van der Waals surface area contributed by atoms with Crippen molar-refractivity contribution in [2.24, 2.45) is 0 Å². The fourth-order valence-electron chi connectivity index (χ4n) is 2.34. The predicted molar refractivity (Wildman–Crippen MR) is 75.1 cm³/mol. The molecule has 0 saturated heterocycles. The van der Waals surface area contributed by atoms with Gasteiger partial charge in [0.25, 0.3) is 0 Å². The molecule has 0 fully saturated rings. The highest BCUT2D eigenvalue weighted by Crippen LogP contribution is 2.22. The summed E-state index contributed by atoms with van der Waals surface area (Å²) in [6.45, 7) is 9.40. The number of para-hydroxylation sites is 1. The number of aryl methyl sites for hydroxylation is 2. The lowest BCUT2D eigenvalue weighted by Crippen LogP contribution is -2.19. The lowest BCUT2D eigenvalue weighted by molar-refractivity contribution is 0.592. The van der Waals surface area contributed by atoms with Crippen LogP contribution in [-0.4, -0.2) is 16.3 Å². The molecule has 2 rings (SSSR count). The molecule has 0 spiro atoms. The van der Waals surface area contributed by atoms with Crippen LogP contribution in [0.1, 0.15) is 36.8 Å². The summed E-state index contributed by atoms with van der Waals surface area (Å²) >= 11 is 0. The van der Waals surface area contributed by atoms with Gasteiger partial charge in [-0.15, -0.1) is 0 Å². The van der Waals surface area contributed by atoms with E-state index in [0.29, 0.717) is 6.04 Å². The summed E-state index contributed by atoms with van der Waals surface area (Å²) in [4.78, 5) is 0. The zero-order chi connectivity index (χ0) is 13.1. The van der Waals surface area contributed by atoms with Crippen molar-refractivity contribution in [2.75, 3.05) is 6.54 Å². The Morgan fingerprint density at radius 2 is 2.00 bits per heavy atom. The molecule has 0 aliphatic carbocycles. The Morgan fingerprint density at radius 1 is 1.28 bits per heavy atom. The standard InChI is InChI=1S/C15H21N3/c1-5-16-13(4)14-8-6-7-9-15(14)18-12(3)10-11(2)17-18/h6-10,13,16H,5H2,1-4H3. The average molecular weight is 243 g/mol. The van der Waals surface area contributed by atoms with E-state index in [1.807, 2.05) is 11.6 Å². The molecule has 1 atom stereocenters. The van der Waals surface area contributed by atoms with Gasteiger partial charge in [-0.25, -0.2) is 4.68 Å². The molecule has 3 heteroatoms. The third-order valence-electron chi connectivity index (χ3n) is 3.15. The lowest BCUT2D eigenvalue weighted by Gasteiger charge is -2.17. The first-order chi connectivity index (χ1) is 8.63. The predicted octanol–water partition coefficient (Wildman–Crippen LogP) is 3.16. The maximum atomic E-state index is 4.57. The number of nitrogens with one attached hydrogen (secondary N) is 1. The van der Waals surface area contributed by atoms with Gasteiger partial charge in [-0.2, -0.15) is 5.10 Å². The van der Waals surface area contributed by atoms with Crippen LogP contribution in [0.5, 0.6) is 0 Å². The Labute approximate surface area is 109 Å². The third kappa shape index (κ3) is 2.46. The molecule has 0 bridgehead atoms. The van der Waals surface area contributed by atoms with Crippen LogP contribution in [0.3, 0.4) is 0 Å². The minimum Gasteiger partial charge on any atom is -0.310 e. The number of aromatic nitrogens is 2. The van der Waals surface area contributed by atoms with Gasteiger partial charge >= 0.3 is 0 Å². The summed E-state index contributed by atoms with van der Waals surface area (Å²) in [6.07, 6.45) is 0. The largest absolute Gasteiger partial charge is 0.310 e. The average Bonchev–Trinajstić information content (AvgIpc) is 2.69. The molecular formula is C15H21N3. The zero-order valence-corrected chi connectivity index (χ0v) is 11.6. The highest BCUT2D eigenvalue weighted by Gasteiger charge is 2.12. The summed E-state index contributed by atoms with van der Waals surface area (Å²) in [5.41, 5.74) is 4.67. The first kappa shape index (κ1) is 12.8. The smallest absolute Gasteiger partial charge is 0.0696 e. The van der Waals surface area contributed by atoms with Gasteiger partial charge < -0.3 is 5.32 Å². The zero-order valence-electron chi connectivity index (χ0n) is 11.6. The molecule has 1 unspecified atom stereocenters. The molecule has 3 nitrogen and oxygen atoms in total. The van der Waals surface area contributed by atoms with E-state index in [-0.39, 0.29) is 0 Å². The molecule has 0 amide bonds. The molecule has 0 aliphatic heterocycles. The molecule has 2 aromatic rings. The SMILES string of the molecule is CCNC(C)c1ccccc1-n1nc(C)cc1C. The topological polar surface area (TPSA) is 29.9 Å². The Bertz CT molecular complexity index is 528. The van der Waals surface area contributed by atoms with Crippen LogP contribution < -0.4 is 5.32 Å². The summed E-state index contributed by atoms with van der Waals surface area (Å²) in [5.74, 6) is 0. The van der Waals surface area contributed by atoms with Crippen molar-refractivity contribution >= 4 is 0 Å². The van der Waals surface area contributed by atoms with Gasteiger partial charge in [0.15, 0.2) is 0 Å². The Hall–Kier alpha value is -1.61. The lowest BCUT2D eigenvalue weighted by atomic mass is 10.1. The summed E-state index contributed by atoms with van der Waals surface area (Å²) in [6, 6.07) is 10.9. The van der Waals surface area contributed by atoms with Gasteiger partial charge in [0.2, 0.25) is 0 Å². The molecule has 1 aromatic carbocycles. The van der Waals surface area contributed by atoms with Crippen LogP contribution in [-0.2, 0) is 0 Å². The summed E-state index contributed by atoms with van der Waals surface area (Å²) in [7, 11) is 0. The van der Waals surface area contributed by atoms with E-state index in [2.05, 4.69) is 61.5 Å². The monoisotopic (exact) mass is 243 g/mol. The second-order valence-corrected chi connectivity index (χ2v) is 4.68. The molecule has 0 saturated carbocycles. The third-order valence-corrected chi connectivity index (χ3v) is 3.15. The van der Waals surface area contributed by atoms with Gasteiger partial charge in [0.1, 0.15) is 0 Å². The van der Waals surface area contributed by atoms with Crippen molar-refractivity contribution in [3.8, 4) is 5.69 Å². The maximum absolute atomic E-state index is 4.57. The number of benzene rings is 1. The molecule has 1 N–H and O–H groups in total. The Morgan fingerprint density at radius 3 is 2.61 bits per heavy atom. The van der Waals surface area contributed by atoms with E-state index in [1.165, 1.54) is 11.3 Å². The highest BCUT2D eigenvalue weighted by molar-refractivity contribution is 5.43. The van der Waals surface area contributed by atoms with E-state index in [4.69, 9.17) is 0 Å². The number of hydrogen-bond donors (Lipinski definition) is 1. The van der Waals surface area contributed by atoms with Crippen LogP contribution in [0.4, 0.5) is 0 Å². The molecule has 1 heterocycles. The first-order valence-electron chi connectivity index (χ1n) is 6.49. The van der Waals surface area contributed by atoms with Crippen molar-refractivity contribution in [3.63, 3.8) is 0 Å². The minimum absolute atomic E-state index is 0.329. The van der Waals surface area contributed by atoms with E-state index >= 15 is 0 Å². The second-order valence-electron chi connectivity index (χ2n) is 4.68. The van der Waals surface area contributed by atoms with Gasteiger partial charge in [-0.05, 0) is 45.0 Å². The molecular weight excluding hydrogens is 222 g/mol. The van der Waals surface area contributed by atoms with Crippen LogP contribution in [0, 0.1) is 13.8 Å². The molecule has 96 valence electrons. The highest BCUT2D eigenvalue weighted by atomic mass is 15.3. The van der Waals surface area contributed by atoms with Crippen LogP contribution in [0.15, 0.2) is 30.3 Å². The van der Waals surface area contributed by atoms with Crippen LogP contribution in [0.2, 0.25) is 0 Å². The van der Waals surface area contributed by atoms with E-state index in [9.17, 15) is 0 Å². The van der Waals surface area contributed by atoms with Gasteiger partial charge in [0.05, 0.1) is 11.4 Å². The van der Waals surface area contributed by atoms with Crippen molar-refractivity contribution in [2.45, 2.75) is 33.7 Å². The van der Waals surface area contributed by atoms with Crippen molar-refractivity contribution < 1.29 is 0 Å². The fraction of sp³-hybridized carbons (Fsp3) is 0.400. The molecule has 18 heavy (non-hydrogen) atoms. The van der Waals surface area contributed by atoms with Gasteiger partial charge in [-0.1, -0.05) is 25.1 Å². The van der Waals surface area contributed by atoms with E-state index < -0.39 is 0 Å². The molecule has 0 aliphatic rings. The van der Waals surface area contributed by atoms with Gasteiger partial charge in [-0.3, -0.25) is 0 Å². The fourth-order valence-corrected chi connectivity index (χ4v) is 2.34. The molecule has 0 radical (unpaired) electrons. The van der Waals surface area contributed by atoms with E-state index in [1.54, 1.807) is 0 Å². The first-order valence-corrected chi connectivity index (χ1v) is 6.49. The van der Waals surface area contributed by atoms with Crippen molar-refractivity contribution in [1.29, 1.82) is 0 Å². The van der Waals surface area contributed by atoms with Gasteiger partial charge in [0, 0.05) is 11.7 Å². The summed E-state index contributed by atoms with van der Waals surface area (Å²) < 4.78 is 2.03. The maximum Gasteiger partial charge on any atom is 0.0696 e. The Kier molecular flexibility index (Phi) is 3.82. The minimum atomic E-state index is 0.329. The summed E-state index contributed by atoms with van der Waals surface area (Å²) in [5, 5.41) is 8.03. The number of nitrogens with zero attached hydrogens (tertiary/aromatic N) is 2. The Balaban J connectivity index is 2.48. The molecule has 1 aromatic heterocycles. The quantitative estimate of drug-likeness (QED) is 0.894. The number of rotatable bonds is 4. The second kappa shape index (κ2) is 5.36. The number of hydrogen-bond acceptors (Lipinski definition) is 2. The normalized spacial score (nSPS) is 12.7.